The highest BCUT2D eigenvalue weighted by Gasteiger charge is 2.19. The first kappa shape index (κ1) is 18.5. The highest BCUT2D eigenvalue weighted by atomic mass is 19.1. The molecule has 1 unspecified atom stereocenters. The third kappa shape index (κ3) is 4.26. The average Bonchev–Trinajstić information content (AvgIpc) is 2.68. The van der Waals surface area contributed by atoms with Crippen molar-refractivity contribution in [3.05, 3.63) is 107 Å². The number of carbonyl (C=O) groups excluding carboxylic acids is 2. The second kappa shape index (κ2) is 7.91. The first-order valence-electron chi connectivity index (χ1n) is 8.41. The molecule has 3 aromatic carbocycles. The van der Waals surface area contributed by atoms with E-state index in [1.807, 2.05) is 0 Å². The Labute approximate surface area is 155 Å². The number of benzene rings is 3. The number of hydrogen-bond acceptors (Lipinski definition) is 2. The van der Waals surface area contributed by atoms with Crippen LogP contribution >= 0.6 is 0 Å². The van der Waals surface area contributed by atoms with Crippen LogP contribution in [0.3, 0.4) is 0 Å². The summed E-state index contributed by atoms with van der Waals surface area (Å²) in [4.78, 5) is 25.4. The third-order valence-electron chi connectivity index (χ3n) is 4.24. The lowest BCUT2D eigenvalue weighted by Gasteiger charge is -2.16. The lowest BCUT2D eigenvalue weighted by atomic mass is 9.97. The monoisotopic (exact) mass is 365 g/mol. The fourth-order valence-corrected chi connectivity index (χ4v) is 2.75. The average molecular weight is 365 g/mol. The van der Waals surface area contributed by atoms with Crippen molar-refractivity contribution in [2.45, 2.75) is 13.0 Å². The van der Waals surface area contributed by atoms with Crippen LogP contribution in [-0.2, 0) is 0 Å². The molecular weight excluding hydrogens is 348 g/mol. The van der Waals surface area contributed by atoms with Crippen LogP contribution in [0.2, 0.25) is 0 Å². The van der Waals surface area contributed by atoms with Crippen LogP contribution in [0.1, 0.15) is 44.8 Å². The maximum atomic E-state index is 13.1. The first-order valence-corrected chi connectivity index (χ1v) is 8.41. The topological polar surface area (TPSA) is 46.2 Å². The van der Waals surface area contributed by atoms with Gasteiger partial charge in [0.1, 0.15) is 11.6 Å². The van der Waals surface area contributed by atoms with Crippen LogP contribution < -0.4 is 5.32 Å². The molecule has 0 aromatic heterocycles. The molecular formula is C22H17F2NO2. The highest BCUT2D eigenvalue weighted by molar-refractivity contribution is 6.15. The van der Waals surface area contributed by atoms with Crippen molar-refractivity contribution in [1.29, 1.82) is 0 Å². The van der Waals surface area contributed by atoms with E-state index in [0.717, 1.165) is 5.56 Å². The molecule has 136 valence electrons. The van der Waals surface area contributed by atoms with E-state index in [2.05, 4.69) is 5.32 Å². The van der Waals surface area contributed by atoms with E-state index in [4.69, 9.17) is 0 Å². The van der Waals surface area contributed by atoms with E-state index >= 15 is 0 Å². The second-order valence-corrected chi connectivity index (χ2v) is 6.13. The summed E-state index contributed by atoms with van der Waals surface area (Å²) in [5.41, 5.74) is 1.49. The van der Waals surface area contributed by atoms with E-state index in [1.54, 1.807) is 43.3 Å². The van der Waals surface area contributed by atoms with E-state index in [9.17, 15) is 18.4 Å². The summed E-state index contributed by atoms with van der Waals surface area (Å²) in [6, 6.07) is 17.1. The van der Waals surface area contributed by atoms with Crippen molar-refractivity contribution in [3.63, 3.8) is 0 Å². The summed E-state index contributed by atoms with van der Waals surface area (Å²) in [7, 11) is 0. The van der Waals surface area contributed by atoms with Gasteiger partial charge in [0, 0.05) is 11.1 Å². The smallest absolute Gasteiger partial charge is 0.252 e. The van der Waals surface area contributed by atoms with Crippen LogP contribution in [0.4, 0.5) is 8.78 Å². The van der Waals surface area contributed by atoms with Gasteiger partial charge < -0.3 is 5.32 Å². The molecule has 0 saturated heterocycles. The number of hydrogen-bond donors (Lipinski definition) is 1. The molecule has 0 bridgehead atoms. The Morgan fingerprint density at radius 1 is 0.778 bits per heavy atom. The Bertz CT molecular complexity index is 966. The second-order valence-electron chi connectivity index (χ2n) is 6.13. The number of rotatable bonds is 5. The molecule has 0 saturated carbocycles. The van der Waals surface area contributed by atoms with Gasteiger partial charge in [-0.25, -0.2) is 8.78 Å². The van der Waals surface area contributed by atoms with Gasteiger partial charge in [0.25, 0.3) is 5.91 Å². The minimum absolute atomic E-state index is 0.223. The predicted molar refractivity (Wildman–Crippen MR) is 98.6 cm³/mol. The molecule has 1 atom stereocenters. The lowest BCUT2D eigenvalue weighted by molar-refractivity contribution is 0.0929. The molecule has 0 heterocycles. The number of amides is 1. The predicted octanol–water partition coefficient (Wildman–Crippen LogP) is 4.69. The molecule has 3 aromatic rings. The molecule has 3 nitrogen and oxygen atoms in total. The molecule has 0 aliphatic heterocycles. The highest BCUT2D eigenvalue weighted by Crippen LogP contribution is 2.18. The Hall–Kier alpha value is -3.34. The summed E-state index contributed by atoms with van der Waals surface area (Å²) in [5, 5.41) is 2.81. The van der Waals surface area contributed by atoms with Crippen LogP contribution in [0.25, 0.3) is 0 Å². The Balaban J connectivity index is 1.84. The van der Waals surface area contributed by atoms with Gasteiger partial charge in [-0.3, -0.25) is 9.59 Å². The number of halogens is 2. The quantitative estimate of drug-likeness (QED) is 0.667. The normalized spacial score (nSPS) is 11.7. The van der Waals surface area contributed by atoms with Crippen molar-refractivity contribution >= 4 is 11.7 Å². The van der Waals surface area contributed by atoms with Crippen molar-refractivity contribution < 1.29 is 18.4 Å². The van der Waals surface area contributed by atoms with Gasteiger partial charge >= 0.3 is 0 Å². The third-order valence-corrected chi connectivity index (χ3v) is 4.24. The molecule has 3 rings (SSSR count). The summed E-state index contributed by atoms with van der Waals surface area (Å²) in [6.45, 7) is 1.77. The molecule has 0 aliphatic carbocycles. The Morgan fingerprint density at radius 2 is 1.30 bits per heavy atom. The number of ketones is 1. The molecule has 1 amide bonds. The van der Waals surface area contributed by atoms with Gasteiger partial charge in [-0.1, -0.05) is 30.3 Å². The minimum atomic E-state index is -0.439. The molecule has 1 N–H and O–H groups in total. The zero-order valence-electron chi connectivity index (χ0n) is 14.6. The van der Waals surface area contributed by atoms with Gasteiger partial charge in [-0.2, -0.15) is 0 Å². The fourth-order valence-electron chi connectivity index (χ4n) is 2.75. The van der Waals surface area contributed by atoms with Crippen molar-refractivity contribution in [2.75, 3.05) is 0 Å². The molecule has 0 radical (unpaired) electrons. The molecule has 5 heteroatoms. The zero-order chi connectivity index (χ0) is 19.4. The zero-order valence-corrected chi connectivity index (χ0v) is 14.6. The minimum Gasteiger partial charge on any atom is -0.345 e. The maximum absolute atomic E-state index is 13.1. The molecule has 0 aliphatic rings. The van der Waals surface area contributed by atoms with Gasteiger partial charge in [-0.15, -0.1) is 0 Å². The number of carbonyl (C=O) groups is 2. The van der Waals surface area contributed by atoms with Gasteiger partial charge in [-0.05, 0) is 55.0 Å². The van der Waals surface area contributed by atoms with E-state index < -0.39 is 11.7 Å². The first-order chi connectivity index (χ1) is 13.0. The lowest BCUT2D eigenvalue weighted by Crippen LogP contribution is -2.28. The largest absolute Gasteiger partial charge is 0.345 e. The van der Waals surface area contributed by atoms with Crippen molar-refractivity contribution in [2.24, 2.45) is 0 Å². The van der Waals surface area contributed by atoms with E-state index in [0.29, 0.717) is 5.56 Å². The van der Waals surface area contributed by atoms with E-state index in [1.165, 1.54) is 36.4 Å². The number of nitrogens with one attached hydrogen (secondary N) is 1. The Kier molecular flexibility index (Phi) is 5.41. The standard InChI is InChI=1S/C22H17F2NO2/c1-14(15-6-10-17(23)11-7-15)25-22(27)20-5-3-2-4-19(20)21(26)16-8-12-18(24)13-9-16/h2-14H,1H3,(H,25,27). The van der Waals surface area contributed by atoms with Crippen LogP contribution in [-0.4, -0.2) is 11.7 Å². The summed E-state index contributed by atoms with van der Waals surface area (Å²) < 4.78 is 26.1. The van der Waals surface area contributed by atoms with Gasteiger partial charge in [0.15, 0.2) is 5.78 Å². The summed E-state index contributed by atoms with van der Waals surface area (Å²) >= 11 is 0. The summed E-state index contributed by atoms with van der Waals surface area (Å²) in [6.07, 6.45) is 0. The van der Waals surface area contributed by atoms with Gasteiger partial charge in [0.05, 0.1) is 11.6 Å². The van der Waals surface area contributed by atoms with Crippen LogP contribution in [0, 0.1) is 11.6 Å². The summed E-state index contributed by atoms with van der Waals surface area (Å²) in [5.74, 6) is -1.58. The molecule has 0 spiro atoms. The molecule has 0 fully saturated rings. The van der Waals surface area contributed by atoms with Crippen LogP contribution in [0.15, 0.2) is 72.8 Å². The Morgan fingerprint density at radius 3 is 1.89 bits per heavy atom. The fraction of sp³-hybridized carbons (Fsp3) is 0.0909. The van der Waals surface area contributed by atoms with E-state index in [-0.39, 0.29) is 28.8 Å². The SMILES string of the molecule is CC(NC(=O)c1ccccc1C(=O)c1ccc(F)cc1)c1ccc(F)cc1. The van der Waals surface area contributed by atoms with Crippen molar-refractivity contribution in [1.82, 2.24) is 5.32 Å². The van der Waals surface area contributed by atoms with Crippen LogP contribution in [0.5, 0.6) is 0 Å². The van der Waals surface area contributed by atoms with Gasteiger partial charge in [0.2, 0.25) is 0 Å². The van der Waals surface area contributed by atoms with Crippen molar-refractivity contribution in [3.8, 4) is 0 Å². The molecule has 27 heavy (non-hydrogen) atoms. The maximum Gasteiger partial charge on any atom is 0.252 e.